The fraction of sp³-hybridized carbons (Fsp3) is 0.500. The molecule has 0 spiro atoms. The number of methoxy groups -OCH3 is 1. The lowest BCUT2D eigenvalue weighted by molar-refractivity contribution is -0.127. The largest absolute Gasteiger partial charge is 0.496 e. The first-order valence-corrected chi connectivity index (χ1v) is 5.79. The minimum absolute atomic E-state index is 0.152. The maximum absolute atomic E-state index is 11.6. The first-order chi connectivity index (χ1) is 7.93. The summed E-state index contributed by atoms with van der Waals surface area (Å²) in [6.45, 7) is 7.48. The zero-order valence-corrected chi connectivity index (χ0v) is 11.1. The summed E-state index contributed by atoms with van der Waals surface area (Å²) in [7, 11) is 1.62. The van der Waals surface area contributed by atoms with Gasteiger partial charge < -0.3 is 9.84 Å². The van der Waals surface area contributed by atoms with Gasteiger partial charge in [-0.25, -0.2) is 0 Å². The normalized spacial score (nSPS) is 12.4. The van der Waals surface area contributed by atoms with E-state index in [4.69, 9.17) is 4.74 Å². The molecule has 1 aromatic carbocycles. The highest BCUT2D eigenvalue weighted by atomic mass is 16.5. The molecule has 1 N–H and O–H groups in total. The van der Waals surface area contributed by atoms with Crippen molar-refractivity contribution in [3.8, 4) is 5.75 Å². The molecule has 0 saturated carbocycles. The molecule has 17 heavy (non-hydrogen) atoms. The van der Waals surface area contributed by atoms with E-state index in [0.29, 0.717) is 6.42 Å². The van der Waals surface area contributed by atoms with E-state index in [9.17, 15) is 9.90 Å². The molecule has 0 saturated heterocycles. The quantitative estimate of drug-likeness (QED) is 0.874. The lowest BCUT2D eigenvalue weighted by Crippen LogP contribution is -2.14. The highest BCUT2D eigenvalue weighted by molar-refractivity contribution is 5.84. The van der Waals surface area contributed by atoms with E-state index in [0.717, 1.165) is 28.0 Å². The number of aryl methyl sites for hydroxylation is 1. The van der Waals surface area contributed by atoms with Crippen molar-refractivity contribution < 1.29 is 14.6 Å². The molecule has 1 unspecified atom stereocenters. The molecule has 0 aliphatic heterocycles. The second-order valence-electron chi connectivity index (χ2n) is 4.28. The Kier molecular flexibility index (Phi) is 4.29. The van der Waals surface area contributed by atoms with Gasteiger partial charge >= 0.3 is 0 Å². The standard InChI is InChI=1S/C14H20O3/c1-6-11(15)14(16)13-8(2)7-12(17-5)9(3)10(13)4/h7,14,16H,6H2,1-5H3. The second kappa shape index (κ2) is 5.32. The van der Waals surface area contributed by atoms with Crippen LogP contribution in [0.3, 0.4) is 0 Å². The van der Waals surface area contributed by atoms with Crippen molar-refractivity contribution in [2.24, 2.45) is 0 Å². The maximum atomic E-state index is 11.6. The number of carbonyl (C=O) groups excluding carboxylic acids is 1. The first-order valence-electron chi connectivity index (χ1n) is 5.79. The average Bonchev–Trinajstić information content (AvgIpc) is 2.32. The molecule has 0 aliphatic rings. The summed E-state index contributed by atoms with van der Waals surface area (Å²) in [5, 5.41) is 10.0. The smallest absolute Gasteiger partial charge is 0.165 e. The van der Waals surface area contributed by atoms with Crippen LogP contribution >= 0.6 is 0 Å². The third-order valence-electron chi connectivity index (χ3n) is 3.26. The Hall–Kier alpha value is -1.35. The third kappa shape index (κ3) is 2.50. The van der Waals surface area contributed by atoms with Crippen LogP contribution in [0, 0.1) is 20.8 Å². The third-order valence-corrected chi connectivity index (χ3v) is 3.26. The van der Waals surface area contributed by atoms with Gasteiger partial charge in [-0.2, -0.15) is 0 Å². The van der Waals surface area contributed by atoms with E-state index in [1.54, 1.807) is 14.0 Å². The number of ether oxygens (including phenoxy) is 1. The fourth-order valence-corrected chi connectivity index (χ4v) is 2.05. The summed E-state index contributed by atoms with van der Waals surface area (Å²) in [4.78, 5) is 11.6. The molecule has 0 amide bonds. The number of aliphatic hydroxyl groups excluding tert-OH is 1. The molecule has 3 nitrogen and oxygen atoms in total. The summed E-state index contributed by atoms with van der Waals surface area (Å²) in [6.07, 6.45) is -0.685. The van der Waals surface area contributed by atoms with Crippen molar-refractivity contribution in [1.29, 1.82) is 0 Å². The predicted octanol–water partition coefficient (Wildman–Crippen LogP) is 2.63. The molecule has 1 atom stereocenters. The summed E-state index contributed by atoms with van der Waals surface area (Å²) in [5.41, 5.74) is 3.50. The predicted molar refractivity (Wildman–Crippen MR) is 67.5 cm³/mol. The molecule has 3 heteroatoms. The van der Waals surface area contributed by atoms with Crippen molar-refractivity contribution in [1.82, 2.24) is 0 Å². The van der Waals surface area contributed by atoms with E-state index < -0.39 is 6.10 Å². The van der Waals surface area contributed by atoms with Crippen molar-refractivity contribution in [3.63, 3.8) is 0 Å². The Balaban J connectivity index is 3.35. The minimum Gasteiger partial charge on any atom is -0.496 e. The highest BCUT2D eigenvalue weighted by Gasteiger charge is 2.22. The van der Waals surface area contributed by atoms with Crippen LogP contribution in [0.4, 0.5) is 0 Å². The highest BCUT2D eigenvalue weighted by Crippen LogP contribution is 2.31. The fourth-order valence-electron chi connectivity index (χ4n) is 2.05. The summed E-state index contributed by atoms with van der Waals surface area (Å²) in [6, 6.07) is 1.86. The number of Topliss-reactive ketones (excluding diaryl/α,β-unsaturated/α-hetero) is 1. The molecule has 0 aliphatic carbocycles. The zero-order valence-electron chi connectivity index (χ0n) is 11.1. The van der Waals surface area contributed by atoms with Crippen LogP contribution in [0.2, 0.25) is 0 Å². The van der Waals surface area contributed by atoms with Crippen molar-refractivity contribution in [2.45, 2.75) is 40.2 Å². The molecule has 0 radical (unpaired) electrons. The summed E-state index contributed by atoms with van der Waals surface area (Å²) < 4.78 is 5.26. The number of hydrogen-bond acceptors (Lipinski definition) is 3. The van der Waals surface area contributed by atoms with Gasteiger partial charge in [-0.3, -0.25) is 4.79 Å². The molecule has 0 fully saturated rings. The molecule has 1 rings (SSSR count). The number of benzene rings is 1. The molecule has 0 bridgehead atoms. The molecule has 1 aromatic rings. The van der Waals surface area contributed by atoms with Gasteiger partial charge in [0.2, 0.25) is 0 Å². The van der Waals surface area contributed by atoms with Gasteiger partial charge in [0.1, 0.15) is 11.9 Å². The number of carbonyl (C=O) groups is 1. The van der Waals surface area contributed by atoms with Crippen LogP contribution in [0.5, 0.6) is 5.75 Å². The topological polar surface area (TPSA) is 46.5 Å². The lowest BCUT2D eigenvalue weighted by Gasteiger charge is -2.19. The van der Waals surface area contributed by atoms with Gasteiger partial charge in [-0.1, -0.05) is 6.92 Å². The lowest BCUT2D eigenvalue weighted by atomic mass is 9.91. The van der Waals surface area contributed by atoms with Crippen LogP contribution in [-0.2, 0) is 4.79 Å². The van der Waals surface area contributed by atoms with Crippen LogP contribution < -0.4 is 4.74 Å². The van der Waals surface area contributed by atoms with E-state index in [1.807, 2.05) is 26.8 Å². The van der Waals surface area contributed by atoms with E-state index in [2.05, 4.69) is 0 Å². The second-order valence-corrected chi connectivity index (χ2v) is 4.28. The van der Waals surface area contributed by atoms with Crippen molar-refractivity contribution in [3.05, 3.63) is 28.3 Å². The van der Waals surface area contributed by atoms with Gasteiger partial charge in [-0.15, -0.1) is 0 Å². The Bertz CT molecular complexity index is 436. The van der Waals surface area contributed by atoms with Crippen LogP contribution in [0.25, 0.3) is 0 Å². The van der Waals surface area contributed by atoms with Gasteiger partial charge in [0.05, 0.1) is 7.11 Å². The summed E-state index contributed by atoms with van der Waals surface area (Å²) >= 11 is 0. The molecule has 94 valence electrons. The molecule has 0 aromatic heterocycles. The Morgan fingerprint density at radius 3 is 2.41 bits per heavy atom. The number of hydrogen-bond donors (Lipinski definition) is 1. The molecular formula is C14H20O3. The monoisotopic (exact) mass is 236 g/mol. The summed E-state index contributed by atoms with van der Waals surface area (Å²) in [5.74, 6) is 0.640. The maximum Gasteiger partial charge on any atom is 0.165 e. The van der Waals surface area contributed by atoms with Gasteiger partial charge in [0.25, 0.3) is 0 Å². The Morgan fingerprint density at radius 1 is 1.35 bits per heavy atom. The van der Waals surface area contributed by atoms with Gasteiger partial charge in [0, 0.05) is 6.42 Å². The first kappa shape index (κ1) is 13.7. The van der Waals surface area contributed by atoms with Gasteiger partial charge in [0.15, 0.2) is 5.78 Å². The van der Waals surface area contributed by atoms with Crippen molar-refractivity contribution in [2.75, 3.05) is 7.11 Å². The number of ketones is 1. The van der Waals surface area contributed by atoms with E-state index in [1.165, 1.54) is 0 Å². The van der Waals surface area contributed by atoms with Gasteiger partial charge in [-0.05, 0) is 49.1 Å². The number of rotatable bonds is 4. The molecular weight excluding hydrogens is 216 g/mol. The van der Waals surface area contributed by atoms with E-state index >= 15 is 0 Å². The van der Waals surface area contributed by atoms with Crippen LogP contribution in [0.15, 0.2) is 6.07 Å². The van der Waals surface area contributed by atoms with Crippen LogP contribution in [-0.4, -0.2) is 18.0 Å². The zero-order chi connectivity index (χ0) is 13.2. The Labute approximate surface area is 102 Å². The Morgan fingerprint density at radius 2 is 1.94 bits per heavy atom. The minimum atomic E-state index is -1.02. The SMILES string of the molecule is CCC(=O)C(O)c1c(C)cc(OC)c(C)c1C. The average molecular weight is 236 g/mol. The van der Waals surface area contributed by atoms with Crippen LogP contribution in [0.1, 0.15) is 41.7 Å². The number of aliphatic hydroxyl groups is 1. The van der Waals surface area contributed by atoms with Crippen molar-refractivity contribution >= 4 is 5.78 Å². The molecule has 0 heterocycles. The van der Waals surface area contributed by atoms with E-state index in [-0.39, 0.29) is 5.78 Å².